The van der Waals surface area contributed by atoms with Gasteiger partial charge >= 0.3 is 5.97 Å². The van der Waals surface area contributed by atoms with E-state index in [1.807, 2.05) is 66.7 Å². The van der Waals surface area contributed by atoms with E-state index < -0.39 is 5.97 Å². The Kier molecular flexibility index (Phi) is 19.3. The maximum Gasteiger partial charge on any atom is 0.303 e. The lowest BCUT2D eigenvalue weighted by molar-refractivity contribution is -0.137. The Bertz CT molecular complexity index is 2810. The van der Waals surface area contributed by atoms with E-state index in [9.17, 15) is 9.59 Å². The molecule has 6 aromatic rings. The topological polar surface area (TPSA) is 110 Å². The van der Waals surface area contributed by atoms with Crippen LogP contribution in [-0.2, 0) is 23.7 Å². The number of benzene rings is 6. The number of carbonyl (C=O) groups excluding carboxylic acids is 1. The standard InChI is InChI=1S/C48H48O9.C9H4/c49-43(17-9-10-18-44(50)51)37-19-20-40-38(31-37)33-42(35-13-5-2-6-14-35)48-46(40)45-39-16-8-7-15-36(39)32-41(34-11-3-1-4-12-34)47(45)56-29-27-54-25-23-52-21-22-53-24-26-55-28-30-57-48;1-3-5-7-9-8-6-4-2/h1-8,11-16,19-20,31-33H,9-10,17-18,21-30H2,(H,50,51);1H,2H3. The van der Waals surface area contributed by atoms with Gasteiger partial charge in [0.1, 0.15) is 24.7 Å². The van der Waals surface area contributed by atoms with Crippen molar-refractivity contribution in [3.8, 4) is 92.7 Å². The number of fused-ring (bicyclic) bond motifs is 7. The number of hydrogen-bond donors (Lipinski definition) is 1. The average Bonchev–Trinajstić information content (AvgIpc) is 3.34. The highest BCUT2D eigenvalue weighted by atomic mass is 16.6. The zero-order chi connectivity index (χ0) is 46.2. The third-order valence-corrected chi connectivity index (χ3v) is 10.4. The third kappa shape index (κ3) is 13.8. The van der Waals surface area contributed by atoms with Crippen LogP contribution in [-0.4, -0.2) is 82.9 Å². The van der Waals surface area contributed by atoms with Gasteiger partial charge < -0.3 is 33.5 Å². The molecule has 66 heavy (non-hydrogen) atoms. The van der Waals surface area contributed by atoms with E-state index in [-0.39, 0.29) is 31.8 Å². The first-order valence-electron chi connectivity index (χ1n) is 22.0. The Labute approximate surface area is 387 Å². The molecule has 9 heteroatoms. The van der Waals surface area contributed by atoms with Crippen LogP contribution in [0.15, 0.2) is 115 Å². The van der Waals surface area contributed by atoms with E-state index in [1.54, 1.807) is 6.92 Å². The SMILES string of the molecule is C#CC#CC#CC#CC.O=C(O)CCCCC(=O)c1ccc2c3c(c(-c4ccccc4)cc2c1)OCCOCCOCCOCCOCCOc1c(-c2ccccc2)cc2ccccc2c1-3. The van der Waals surface area contributed by atoms with Gasteiger partial charge in [-0.05, 0) is 106 Å². The molecule has 6 aromatic carbocycles. The highest BCUT2D eigenvalue weighted by molar-refractivity contribution is 6.15. The van der Waals surface area contributed by atoms with E-state index in [0.717, 1.165) is 54.9 Å². The second-order valence-electron chi connectivity index (χ2n) is 14.8. The van der Waals surface area contributed by atoms with Crippen LogP contribution in [0.3, 0.4) is 0 Å². The molecule has 0 radical (unpaired) electrons. The van der Waals surface area contributed by atoms with Gasteiger partial charge in [-0.2, -0.15) is 0 Å². The van der Waals surface area contributed by atoms with Crippen LogP contribution >= 0.6 is 0 Å². The summed E-state index contributed by atoms with van der Waals surface area (Å²) >= 11 is 0. The fraction of sp³-hybridized carbons (Fsp3) is 0.263. The summed E-state index contributed by atoms with van der Waals surface area (Å²) in [7, 11) is 0. The van der Waals surface area contributed by atoms with Gasteiger partial charge in [0.05, 0.1) is 52.9 Å². The van der Waals surface area contributed by atoms with Crippen molar-refractivity contribution in [3.63, 3.8) is 0 Å². The quantitative estimate of drug-likeness (QED) is 0.0908. The molecule has 1 aliphatic heterocycles. The molecule has 0 saturated carbocycles. The summed E-state index contributed by atoms with van der Waals surface area (Å²) < 4.78 is 37.1. The summed E-state index contributed by atoms with van der Waals surface area (Å²) in [5.74, 6) is 17.4. The van der Waals surface area contributed by atoms with Crippen molar-refractivity contribution < 1.29 is 43.1 Å². The monoisotopic (exact) mass is 880 g/mol. The molecule has 1 heterocycles. The number of hydrogen-bond acceptors (Lipinski definition) is 8. The predicted octanol–water partition coefficient (Wildman–Crippen LogP) is 10.3. The molecular formula is C57H52O9. The van der Waals surface area contributed by atoms with Gasteiger partial charge in [-0.3, -0.25) is 9.59 Å². The van der Waals surface area contributed by atoms with Crippen LogP contribution in [0.4, 0.5) is 0 Å². The second kappa shape index (κ2) is 26.4. The average molecular weight is 881 g/mol. The molecule has 9 nitrogen and oxygen atoms in total. The van der Waals surface area contributed by atoms with Crippen molar-refractivity contribution >= 4 is 33.3 Å². The van der Waals surface area contributed by atoms with Crippen molar-refractivity contribution in [2.75, 3.05) is 66.1 Å². The van der Waals surface area contributed by atoms with Gasteiger partial charge in [0.25, 0.3) is 0 Å². The first-order valence-corrected chi connectivity index (χ1v) is 22.0. The Hall–Kier alpha value is -7.34. The van der Waals surface area contributed by atoms with Crippen molar-refractivity contribution in [1.29, 1.82) is 0 Å². The highest BCUT2D eigenvalue weighted by Gasteiger charge is 2.26. The zero-order valence-corrected chi connectivity index (χ0v) is 37.2. The molecule has 1 aliphatic rings. The van der Waals surface area contributed by atoms with E-state index in [0.29, 0.717) is 82.8 Å². The van der Waals surface area contributed by atoms with Crippen LogP contribution < -0.4 is 9.47 Å². The van der Waals surface area contributed by atoms with Gasteiger partial charge in [-0.25, -0.2) is 0 Å². The molecule has 0 aromatic heterocycles. The molecule has 0 aliphatic carbocycles. The molecule has 0 spiro atoms. The third-order valence-electron chi connectivity index (χ3n) is 10.4. The zero-order valence-electron chi connectivity index (χ0n) is 37.2. The predicted molar refractivity (Wildman–Crippen MR) is 260 cm³/mol. The lowest BCUT2D eigenvalue weighted by Gasteiger charge is -2.24. The Morgan fingerprint density at radius 3 is 1.55 bits per heavy atom. The van der Waals surface area contributed by atoms with Gasteiger partial charge in [-0.1, -0.05) is 103 Å². The van der Waals surface area contributed by atoms with Crippen molar-refractivity contribution in [2.45, 2.75) is 32.6 Å². The Balaban J connectivity index is 0.000000724. The second-order valence-corrected chi connectivity index (χ2v) is 14.8. The molecule has 0 amide bonds. The van der Waals surface area contributed by atoms with Crippen LogP contribution in [0, 0.1) is 47.9 Å². The fourth-order valence-corrected chi connectivity index (χ4v) is 7.42. The lowest BCUT2D eigenvalue weighted by Crippen LogP contribution is -2.15. The number of ether oxygens (including phenoxy) is 6. The first kappa shape index (κ1) is 48.1. The molecule has 0 bridgehead atoms. The summed E-state index contributed by atoms with van der Waals surface area (Å²) in [6, 6.07) is 38.7. The molecular weight excluding hydrogens is 829 g/mol. The van der Waals surface area contributed by atoms with Crippen molar-refractivity contribution in [2.24, 2.45) is 0 Å². The molecule has 0 atom stereocenters. The van der Waals surface area contributed by atoms with E-state index in [1.165, 1.54) is 0 Å². The number of carboxylic acid groups (broad SMARTS) is 1. The first-order chi connectivity index (χ1) is 32.5. The summed E-state index contributed by atoms with van der Waals surface area (Å²) in [5, 5.41) is 12.9. The molecule has 1 N–H and O–H groups in total. The maximum absolute atomic E-state index is 13.6. The van der Waals surface area contributed by atoms with Crippen LogP contribution in [0.5, 0.6) is 11.5 Å². The number of ketones is 1. The van der Waals surface area contributed by atoms with Crippen LogP contribution in [0.1, 0.15) is 43.0 Å². The molecule has 7 rings (SSSR count). The smallest absolute Gasteiger partial charge is 0.303 e. The minimum Gasteiger partial charge on any atom is -0.490 e. The Morgan fingerprint density at radius 2 is 1.00 bits per heavy atom. The fourth-order valence-electron chi connectivity index (χ4n) is 7.42. The number of carbonyl (C=O) groups is 2. The Morgan fingerprint density at radius 1 is 0.530 bits per heavy atom. The largest absolute Gasteiger partial charge is 0.490 e. The highest BCUT2D eigenvalue weighted by Crippen LogP contribution is 2.52. The molecule has 334 valence electrons. The minimum atomic E-state index is -0.859. The summed E-state index contributed by atoms with van der Waals surface area (Å²) in [6.07, 6.45) is 6.06. The van der Waals surface area contributed by atoms with Gasteiger partial charge in [-0.15, -0.1) is 6.42 Å². The van der Waals surface area contributed by atoms with Gasteiger partial charge in [0.15, 0.2) is 5.78 Å². The van der Waals surface area contributed by atoms with E-state index in [4.69, 9.17) is 40.0 Å². The van der Waals surface area contributed by atoms with E-state index in [2.05, 4.69) is 90.0 Å². The maximum atomic E-state index is 13.6. The lowest BCUT2D eigenvalue weighted by atomic mass is 9.85. The molecule has 0 fully saturated rings. The van der Waals surface area contributed by atoms with Gasteiger partial charge in [0.2, 0.25) is 0 Å². The van der Waals surface area contributed by atoms with Crippen molar-refractivity contribution in [1.82, 2.24) is 0 Å². The number of aliphatic carboxylic acids is 1. The summed E-state index contributed by atoms with van der Waals surface area (Å²) in [4.78, 5) is 24.7. The molecule has 0 saturated heterocycles. The van der Waals surface area contributed by atoms with Crippen LogP contribution in [0.2, 0.25) is 0 Å². The summed E-state index contributed by atoms with van der Waals surface area (Å²) in [6.45, 7) is 5.62. The number of Topliss-reactive ketones (excluding diaryl/α,β-unsaturated/α-hetero) is 1. The number of unbranched alkanes of at least 4 members (excludes halogenated alkanes) is 1. The van der Waals surface area contributed by atoms with E-state index >= 15 is 0 Å². The van der Waals surface area contributed by atoms with Crippen LogP contribution in [0.25, 0.3) is 54.9 Å². The normalized spacial score (nSPS) is 13.3. The number of rotatable bonds is 8. The van der Waals surface area contributed by atoms with Gasteiger partial charge in [0, 0.05) is 40.7 Å². The number of carboxylic acids is 1. The van der Waals surface area contributed by atoms with Crippen molar-refractivity contribution in [3.05, 3.63) is 121 Å². The molecule has 0 unspecified atom stereocenters. The number of terminal acetylenes is 1. The summed E-state index contributed by atoms with van der Waals surface area (Å²) in [5.41, 5.74) is 6.01. The minimum absolute atomic E-state index is 0.0304.